The lowest BCUT2D eigenvalue weighted by Crippen LogP contribution is -2.30. The van der Waals surface area contributed by atoms with E-state index >= 15 is 0 Å². The first-order valence-electron chi connectivity index (χ1n) is 8.41. The summed E-state index contributed by atoms with van der Waals surface area (Å²) in [5, 5.41) is 0.617. The quantitative estimate of drug-likeness (QED) is 0.640. The molecule has 0 bridgehead atoms. The van der Waals surface area contributed by atoms with Gasteiger partial charge >= 0.3 is 0 Å². The average Bonchev–Trinajstić information content (AvgIpc) is 2.79. The van der Waals surface area contributed by atoms with Crippen molar-refractivity contribution < 1.29 is 4.79 Å². The lowest BCUT2D eigenvalue weighted by molar-refractivity contribution is -0.119. The van der Waals surface area contributed by atoms with Crippen molar-refractivity contribution in [2.24, 2.45) is 4.99 Å². The number of carbonyl (C=O) groups is 1. The molecule has 128 valence electrons. The van der Waals surface area contributed by atoms with Gasteiger partial charge in [-0.3, -0.25) is 9.79 Å². The summed E-state index contributed by atoms with van der Waals surface area (Å²) in [4.78, 5) is 19.7. The zero-order valence-electron chi connectivity index (χ0n) is 14.3. The van der Waals surface area contributed by atoms with E-state index < -0.39 is 6.04 Å². The zero-order valence-corrected chi connectivity index (χ0v) is 15.0. The van der Waals surface area contributed by atoms with E-state index in [4.69, 9.17) is 16.6 Å². The number of rotatable bonds is 2. The Labute approximate surface area is 157 Å². The summed E-state index contributed by atoms with van der Waals surface area (Å²) >= 11 is 6.26. The lowest BCUT2D eigenvalue weighted by Gasteiger charge is -2.20. The van der Waals surface area contributed by atoms with E-state index in [2.05, 4.69) is 0 Å². The average molecular weight is 361 g/mol. The first-order valence-corrected chi connectivity index (χ1v) is 8.78. The van der Waals surface area contributed by atoms with Gasteiger partial charge in [-0.15, -0.1) is 0 Å². The van der Waals surface area contributed by atoms with Crippen LogP contribution in [0.15, 0.2) is 83.9 Å². The van der Waals surface area contributed by atoms with Crippen LogP contribution in [-0.2, 0) is 4.79 Å². The van der Waals surface area contributed by atoms with Gasteiger partial charge in [0, 0.05) is 23.2 Å². The minimum atomic E-state index is -0.595. The van der Waals surface area contributed by atoms with E-state index in [1.165, 1.54) is 0 Å². The number of nitrogens with zero attached hydrogens (tertiary/aromatic N) is 2. The highest BCUT2D eigenvalue weighted by Crippen LogP contribution is 2.34. The summed E-state index contributed by atoms with van der Waals surface area (Å²) in [5.74, 6) is -0.0642. The fourth-order valence-electron chi connectivity index (χ4n) is 3.22. The lowest BCUT2D eigenvalue weighted by atomic mass is 10.00. The number of amides is 1. The first kappa shape index (κ1) is 16.6. The predicted molar refractivity (Wildman–Crippen MR) is 106 cm³/mol. The molecule has 0 fully saturated rings. The fraction of sp³-hybridized carbons (Fsp3) is 0.0909. The number of carbonyl (C=O) groups excluding carboxylic acids is 1. The summed E-state index contributed by atoms with van der Waals surface area (Å²) in [6.45, 7) is 0. The van der Waals surface area contributed by atoms with Crippen LogP contribution in [0.1, 0.15) is 22.7 Å². The summed E-state index contributed by atoms with van der Waals surface area (Å²) in [5.41, 5.74) is 4.27. The molecule has 26 heavy (non-hydrogen) atoms. The Kier molecular flexibility index (Phi) is 4.31. The monoisotopic (exact) mass is 360 g/mol. The van der Waals surface area contributed by atoms with Crippen LogP contribution in [0.5, 0.6) is 0 Å². The molecule has 0 N–H and O–H groups in total. The minimum absolute atomic E-state index is 0.0642. The van der Waals surface area contributed by atoms with Crippen LogP contribution < -0.4 is 4.90 Å². The normalized spacial score (nSPS) is 16.7. The van der Waals surface area contributed by atoms with Gasteiger partial charge in [0.1, 0.15) is 0 Å². The number of hydrogen-bond acceptors (Lipinski definition) is 2. The number of fused-ring (bicyclic) bond motifs is 1. The molecule has 1 atom stereocenters. The molecule has 0 saturated heterocycles. The maximum absolute atomic E-state index is 13.2. The molecule has 1 heterocycles. The number of halogens is 1. The van der Waals surface area contributed by atoms with Crippen LogP contribution in [0.2, 0.25) is 5.02 Å². The topological polar surface area (TPSA) is 32.7 Å². The number of anilines is 1. The van der Waals surface area contributed by atoms with Gasteiger partial charge in [-0.2, -0.15) is 0 Å². The zero-order chi connectivity index (χ0) is 18.1. The van der Waals surface area contributed by atoms with Crippen molar-refractivity contribution in [1.82, 2.24) is 0 Å². The van der Waals surface area contributed by atoms with Gasteiger partial charge in [0.2, 0.25) is 0 Å². The van der Waals surface area contributed by atoms with Crippen LogP contribution in [0.3, 0.4) is 0 Å². The third-order valence-electron chi connectivity index (χ3n) is 4.56. The molecule has 0 aromatic heterocycles. The molecule has 0 spiro atoms. The van der Waals surface area contributed by atoms with Crippen molar-refractivity contribution in [2.75, 3.05) is 11.9 Å². The number of benzene rings is 3. The van der Waals surface area contributed by atoms with Crippen LogP contribution >= 0.6 is 11.6 Å². The third kappa shape index (κ3) is 2.91. The highest BCUT2D eigenvalue weighted by Gasteiger charge is 2.31. The molecule has 1 unspecified atom stereocenters. The minimum Gasteiger partial charge on any atom is -0.313 e. The van der Waals surface area contributed by atoms with Gasteiger partial charge in [0.05, 0.1) is 11.4 Å². The summed E-state index contributed by atoms with van der Waals surface area (Å²) in [6, 6.07) is 24.5. The Bertz CT molecular complexity index is 984. The van der Waals surface area contributed by atoms with E-state index in [-0.39, 0.29) is 5.91 Å². The van der Waals surface area contributed by atoms with E-state index in [1.54, 1.807) is 18.0 Å². The number of hydrogen-bond donors (Lipinski definition) is 0. The Balaban J connectivity index is 1.98. The highest BCUT2D eigenvalue weighted by atomic mass is 35.5. The summed E-state index contributed by atoms with van der Waals surface area (Å²) in [7, 11) is 1.79. The molecule has 3 aromatic carbocycles. The molecular weight excluding hydrogens is 344 g/mol. The fourth-order valence-corrected chi connectivity index (χ4v) is 3.40. The molecule has 4 heteroatoms. The van der Waals surface area contributed by atoms with Crippen molar-refractivity contribution >= 4 is 28.9 Å². The Morgan fingerprint density at radius 2 is 1.58 bits per heavy atom. The number of likely N-dealkylation sites (N-methyl/N-ethyl adjacent to an activating group) is 1. The second kappa shape index (κ2) is 6.77. The Morgan fingerprint density at radius 3 is 2.27 bits per heavy atom. The van der Waals surface area contributed by atoms with E-state index in [0.717, 1.165) is 28.1 Å². The second-order valence-electron chi connectivity index (χ2n) is 6.22. The molecule has 3 aromatic rings. The Hall–Kier alpha value is -2.91. The molecule has 1 aliphatic rings. The van der Waals surface area contributed by atoms with E-state index in [9.17, 15) is 4.79 Å². The molecule has 0 saturated carbocycles. The molecule has 4 rings (SSSR count). The van der Waals surface area contributed by atoms with E-state index in [1.807, 2.05) is 72.8 Å². The molecule has 1 amide bonds. The smallest absolute Gasteiger partial charge is 0.256 e. The van der Waals surface area contributed by atoms with Gasteiger partial charge in [-0.25, -0.2) is 0 Å². The Morgan fingerprint density at radius 1 is 0.923 bits per heavy atom. The first-order chi connectivity index (χ1) is 12.6. The molecule has 3 nitrogen and oxygen atoms in total. The maximum atomic E-state index is 13.2. The van der Waals surface area contributed by atoms with Gasteiger partial charge in [-0.1, -0.05) is 72.3 Å². The second-order valence-corrected chi connectivity index (χ2v) is 6.65. The third-order valence-corrected chi connectivity index (χ3v) is 4.80. The van der Waals surface area contributed by atoms with Crippen molar-refractivity contribution in [2.45, 2.75) is 6.04 Å². The van der Waals surface area contributed by atoms with Crippen molar-refractivity contribution in [3.63, 3.8) is 0 Å². The number of benzodiazepines with no additional fused rings is 1. The van der Waals surface area contributed by atoms with Crippen LogP contribution in [0.25, 0.3) is 0 Å². The highest BCUT2D eigenvalue weighted by molar-refractivity contribution is 6.32. The van der Waals surface area contributed by atoms with Gasteiger partial charge in [0.25, 0.3) is 5.91 Å². The summed E-state index contributed by atoms with van der Waals surface area (Å²) in [6.07, 6.45) is 0. The van der Waals surface area contributed by atoms with Gasteiger partial charge < -0.3 is 4.90 Å². The van der Waals surface area contributed by atoms with Gasteiger partial charge in [-0.05, 0) is 23.8 Å². The van der Waals surface area contributed by atoms with E-state index in [0.29, 0.717) is 5.02 Å². The molecular formula is C22H17ClN2O. The van der Waals surface area contributed by atoms with Gasteiger partial charge in [0.15, 0.2) is 6.04 Å². The van der Waals surface area contributed by atoms with Crippen LogP contribution in [0, 0.1) is 0 Å². The van der Waals surface area contributed by atoms with Crippen LogP contribution in [-0.4, -0.2) is 18.7 Å². The largest absolute Gasteiger partial charge is 0.313 e. The molecule has 0 aliphatic carbocycles. The summed E-state index contributed by atoms with van der Waals surface area (Å²) < 4.78 is 0. The van der Waals surface area contributed by atoms with Crippen LogP contribution in [0.4, 0.5) is 5.69 Å². The molecule has 1 aliphatic heterocycles. The number of aliphatic imine (C=N–C) groups is 1. The van der Waals surface area contributed by atoms with Crippen molar-refractivity contribution in [3.05, 3.63) is 101 Å². The van der Waals surface area contributed by atoms with Crippen molar-refractivity contribution in [1.29, 1.82) is 0 Å². The van der Waals surface area contributed by atoms with Crippen molar-refractivity contribution in [3.8, 4) is 0 Å². The standard InChI is InChI=1S/C22H17ClN2O/c1-25-19-13-12-17(23)14-18(19)20(15-8-4-2-5-9-15)24-21(22(25)26)16-10-6-3-7-11-16/h2-14,21H,1H3. The SMILES string of the molecule is CN1C(=O)C(c2ccccc2)N=C(c2ccccc2)c2cc(Cl)ccc21. The maximum Gasteiger partial charge on any atom is 0.256 e. The predicted octanol–water partition coefficient (Wildman–Crippen LogP) is 4.90. The molecule has 0 radical (unpaired) electrons.